The predicted molar refractivity (Wildman–Crippen MR) is 86.8 cm³/mol. The van der Waals surface area contributed by atoms with Crippen LogP contribution < -0.4 is 0 Å². The molecule has 2 heteroatoms. The summed E-state index contributed by atoms with van der Waals surface area (Å²) in [4.78, 5) is 4.77. The fourth-order valence-corrected chi connectivity index (χ4v) is 3.03. The Balaban J connectivity index is 1.97. The Morgan fingerprint density at radius 2 is 1.75 bits per heavy atom. The number of benzene rings is 1. The monoisotopic (exact) mass is 272 g/mol. The molecule has 0 fully saturated rings. The number of hydrogen-bond acceptors (Lipinski definition) is 2. The van der Waals surface area contributed by atoms with Gasteiger partial charge >= 0.3 is 0 Å². The molecule has 0 saturated heterocycles. The molecule has 0 aromatic heterocycles. The number of likely N-dealkylation sites (N-methyl/N-ethyl adjacent to an activating group) is 2. The van der Waals surface area contributed by atoms with Gasteiger partial charge in [-0.1, -0.05) is 42.0 Å². The van der Waals surface area contributed by atoms with Gasteiger partial charge in [-0.15, -0.1) is 0 Å². The smallest absolute Gasteiger partial charge is 0.0360 e. The first-order valence-corrected chi connectivity index (χ1v) is 7.60. The second kappa shape index (κ2) is 6.55. The Morgan fingerprint density at radius 1 is 1.05 bits per heavy atom. The van der Waals surface area contributed by atoms with Crippen molar-refractivity contribution >= 4 is 0 Å². The number of rotatable bonds is 5. The maximum Gasteiger partial charge on any atom is 0.0360 e. The SMILES string of the molecule is CN(CC1=CC(C)(N(C)C)CCC1)Cc1ccccc1. The van der Waals surface area contributed by atoms with E-state index in [-0.39, 0.29) is 5.54 Å². The van der Waals surface area contributed by atoms with Gasteiger partial charge in [-0.25, -0.2) is 0 Å². The van der Waals surface area contributed by atoms with Gasteiger partial charge in [-0.2, -0.15) is 0 Å². The van der Waals surface area contributed by atoms with Crippen LogP contribution in [0.4, 0.5) is 0 Å². The van der Waals surface area contributed by atoms with Gasteiger partial charge in [0, 0.05) is 18.6 Å². The van der Waals surface area contributed by atoms with E-state index in [0.29, 0.717) is 0 Å². The van der Waals surface area contributed by atoms with Crippen LogP contribution in [0.3, 0.4) is 0 Å². The minimum absolute atomic E-state index is 0.237. The molecule has 1 aromatic carbocycles. The Kier molecular flexibility index (Phi) is 5.00. The average Bonchev–Trinajstić information content (AvgIpc) is 2.39. The summed E-state index contributed by atoms with van der Waals surface area (Å²) in [7, 11) is 6.59. The molecular weight excluding hydrogens is 244 g/mol. The maximum atomic E-state index is 2.50. The van der Waals surface area contributed by atoms with Crippen molar-refractivity contribution in [2.45, 2.75) is 38.3 Å². The third kappa shape index (κ3) is 3.94. The van der Waals surface area contributed by atoms with E-state index in [4.69, 9.17) is 0 Å². The third-order valence-electron chi connectivity index (χ3n) is 4.49. The third-order valence-corrected chi connectivity index (χ3v) is 4.49. The maximum absolute atomic E-state index is 2.50. The lowest BCUT2D eigenvalue weighted by Crippen LogP contribution is -2.41. The van der Waals surface area contributed by atoms with Crippen molar-refractivity contribution in [3.63, 3.8) is 0 Å². The zero-order valence-corrected chi connectivity index (χ0v) is 13.4. The molecule has 1 aliphatic rings. The van der Waals surface area contributed by atoms with Crippen molar-refractivity contribution in [1.82, 2.24) is 9.80 Å². The molecule has 0 amide bonds. The molecule has 1 unspecified atom stereocenters. The van der Waals surface area contributed by atoms with Crippen LogP contribution in [-0.2, 0) is 6.54 Å². The second-order valence-corrected chi connectivity index (χ2v) is 6.57. The minimum Gasteiger partial charge on any atom is -0.301 e. The van der Waals surface area contributed by atoms with Gasteiger partial charge < -0.3 is 4.90 Å². The standard InChI is InChI=1S/C18H28N2/c1-18(19(2)3)12-8-11-17(13-18)15-20(4)14-16-9-6-5-7-10-16/h5-7,9-10,13H,8,11-12,14-15H2,1-4H3. The fraction of sp³-hybridized carbons (Fsp3) is 0.556. The minimum atomic E-state index is 0.237. The zero-order valence-electron chi connectivity index (χ0n) is 13.4. The van der Waals surface area contributed by atoms with Crippen molar-refractivity contribution in [3.05, 3.63) is 47.5 Å². The Labute approximate surface area is 124 Å². The summed E-state index contributed by atoms with van der Waals surface area (Å²) in [5.41, 5.74) is 3.22. The van der Waals surface area contributed by atoms with Crippen molar-refractivity contribution in [2.24, 2.45) is 0 Å². The lowest BCUT2D eigenvalue weighted by molar-refractivity contribution is 0.199. The van der Waals surface area contributed by atoms with Gasteiger partial charge in [0.15, 0.2) is 0 Å². The highest BCUT2D eigenvalue weighted by molar-refractivity contribution is 5.19. The van der Waals surface area contributed by atoms with Crippen LogP contribution in [0, 0.1) is 0 Å². The highest BCUT2D eigenvalue weighted by atomic mass is 15.1. The first-order chi connectivity index (χ1) is 9.49. The Bertz CT molecular complexity index is 450. The molecular formula is C18H28N2. The Hall–Kier alpha value is -1.12. The summed E-state index contributed by atoms with van der Waals surface area (Å²) in [6.07, 6.45) is 6.33. The molecule has 20 heavy (non-hydrogen) atoms. The lowest BCUT2D eigenvalue weighted by Gasteiger charge is -2.38. The zero-order chi connectivity index (χ0) is 14.6. The van der Waals surface area contributed by atoms with Crippen molar-refractivity contribution in [3.8, 4) is 0 Å². The summed E-state index contributed by atoms with van der Waals surface area (Å²) in [5.74, 6) is 0. The van der Waals surface area contributed by atoms with Crippen LogP contribution in [0.1, 0.15) is 31.7 Å². The van der Waals surface area contributed by atoms with E-state index in [9.17, 15) is 0 Å². The van der Waals surface area contributed by atoms with E-state index in [1.54, 1.807) is 5.57 Å². The largest absolute Gasteiger partial charge is 0.301 e. The van der Waals surface area contributed by atoms with Gasteiger partial charge in [0.1, 0.15) is 0 Å². The van der Waals surface area contributed by atoms with Gasteiger partial charge in [-0.05, 0) is 52.9 Å². The van der Waals surface area contributed by atoms with Crippen LogP contribution in [0.2, 0.25) is 0 Å². The summed E-state index contributed by atoms with van der Waals surface area (Å²) < 4.78 is 0. The first kappa shape index (κ1) is 15.3. The summed E-state index contributed by atoms with van der Waals surface area (Å²) >= 11 is 0. The van der Waals surface area contributed by atoms with Gasteiger partial charge in [-0.3, -0.25) is 4.90 Å². The molecule has 1 atom stereocenters. The normalized spacial score (nSPS) is 23.2. The van der Waals surface area contributed by atoms with E-state index in [2.05, 4.69) is 74.3 Å². The number of hydrogen-bond donors (Lipinski definition) is 0. The molecule has 0 N–H and O–H groups in total. The highest BCUT2D eigenvalue weighted by Gasteiger charge is 2.27. The summed E-state index contributed by atoms with van der Waals surface area (Å²) in [5, 5.41) is 0. The molecule has 2 rings (SSSR count). The topological polar surface area (TPSA) is 6.48 Å². The molecule has 0 heterocycles. The van der Waals surface area contributed by atoms with E-state index in [0.717, 1.165) is 13.1 Å². The van der Waals surface area contributed by atoms with Crippen molar-refractivity contribution in [2.75, 3.05) is 27.7 Å². The molecule has 0 saturated carbocycles. The second-order valence-electron chi connectivity index (χ2n) is 6.57. The van der Waals surface area contributed by atoms with E-state index in [1.807, 2.05) is 0 Å². The van der Waals surface area contributed by atoms with Crippen molar-refractivity contribution < 1.29 is 0 Å². The highest BCUT2D eigenvalue weighted by Crippen LogP contribution is 2.30. The van der Waals surface area contributed by atoms with Gasteiger partial charge in [0.2, 0.25) is 0 Å². The summed E-state index contributed by atoms with van der Waals surface area (Å²) in [6, 6.07) is 10.7. The summed E-state index contributed by atoms with van der Waals surface area (Å²) in [6.45, 7) is 4.46. The lowest BCUT2D eigenvalue weighted by atomic mass is 9.84. The molecule has 0 bridgehead atoms. The van der Waals surface area contributed by atoms with Crippen LogP contribution in [0.15, 0.2) is 42.0 Å². The van der Waals surface area contributed by atoms with Crippen LogP contribution >= 0.6 is 0 Å². The quantitative estimate of drug-likeness (QED) is 0.756. The molecule has 110 valence electrons. The molecule has 2 nitrogen and oxygen atoms in total. The van der Waals surface area contributed by atoms with E-state index < -0.39 is 0 Å². The Morgan fingerprint density at radius 3 is 2.40 bits per heavy atom. The average molecular weight is 272 g/mol. The van der Waals surface area contributed by atoms with Crippen molar-refractivity contribution in [1.29, 1.82) is 0 Å². The molecule has 1 aliphatic carbocycles. The van der Waals surface area contributed by atoms with E-state index in [1.165, 1.54) is 24.8 Å². The van der Waals surface area contributed by atoms with E-state index >= 15 is 0 Å². The number of nitrogens with zero attached hydrogens (tertiary/aromatic N) is 2. The first-order valence-electron chi connectivity index (χ1n) is 7.60. The molecule has 1 aromatic rings. The van der Waals surface area contributed by atoms with Crippen LogP contribution in [0.25, 0.3) is 0 Å². The molecule has 0 spiro atoms. The molecule has 0 radical (unpaired) electrons. The molecule has 0 aliphatic heterocycles. The van der Waals surface area contributed by atoms with Crippen LogP contribution in [0.5, 0.6) is 0 Å². The fourth-order valence-electron chi connectivity index (χ4n) is 3.03. The predicted octanol–water partition coefficient (Wildman–Crippen LogP) is 3.55. The van der Waals surface area contributed by atoms with Crippen LogP contribution in [-0.4, -0.2) is 43.0 Å². The van der Waals surface area contributed by atoms with Gasteiger partial charge in [0.05, 0.1) is 0 Å². The van der Waals surface area contributed by atoms with Gasteiger partial charge in [0.25, 0.3) is 0 Å².